The average molecular weight is 260 g/mol. The summed E-state index contributed by atoms with van der Waals surface area (Å²) in [5, 5.41) is 0. The van der Waals surface area contributed by atoms with Gasteiger partial charge >= 0.3 is 0 Å². The summed E-state index contributed by atoms with van der Waals surface area (Å²) in [6.45, 7) is 10.7. The van der Waals surface area contributed by atoms with Crippen molar-refractivity contribution in [1.29, 1.82) is 0 Å². The maximum Gasteiger partial charge on any atom is 0.0898 e. The number of allylic oxidation sites excluding steroid dienone is 2. The molecule has 0 aliphatic rings. The molecular formula is C17H24O2. The quantitative estimate of drug-likeness (QED) is 0.530. The van der Waals surface area contributed by atoms with Gasteiger partial charge in [-0.15, -0.1) is 0 Å². The van der Waals surface area contributed by atoms with Gasteiger partial charge in [-0.2, -0.15) is 0 Å². The van der Waals surface area contributed by atoms with Gasteiger partial charge in [-0.1, -0.05) is 30.4 Å². The van der Waals surface area contributed by atoms with Gasteiger partial charge < -0.3 is 9.47 Å². The normalized spacial score (nSPS) is 13.2. The Morgan fingerprint density at radius 3 is 2.63 bits per heavy atom. The van der Waals surface area contributed by atoms with E-state index in [0.29, 0.717) is 6.61 Å². The molecule has 0 N–H and O–H groups in total. The lowest BCUT2D eigenvalue weighted by Gasteiger charge is -2.09. The van der Waals surface area contributed by atoms with Gasteiger partial charge in [0.15, 0.2) is 0 Å². The van der Waals surface area contributed by atoms with Gasteiger partial charge in [0.05, 0.1) is 19.0 Å². The van der Waals surface area contributed by atoms with Crippen molar-refractivity contribution in [2.45, 2.75) is 33.3 Å². The van der Waals surface area contributed by atoms with Crippen molar-refractivity contribution < 1.29 is 9.47 Å². The van der Waals surface area contributed by atoms with Gasteiger partial charge in [0.1, 0.15) is 0 Å². The molecule has 19 heavy (non-hydrogen) atoms. The number of hydrogen-bond donors (Lipinski definition) is 0. The molecule has 1 aromatic carbocycles. The molecule has 0 saturated heterocycles. The van der Waals surface area contributed by atoms with E-state index in [1.807, 2.05) is 26.2 Å². The molecule has 0 aliphatic carbocycles. The topological polar surface area (TPSA) is 18.5 Å². The lowest BCUT2D eigenvalue weighted by molar-refractivity contribution is 0.0877. The molecule has 104 valence electrons. The first kappa shape index (κ1) is 15.5. The van der Waals surface area contributed by atoms with Crippen molar-refractivity contribution in [3.05, 3.63) is 48.2 Å². The van der Waals surface area contributed by atoms with E-state index in [0.717, 1.165) is 17.6 Å². The monoisotopic (exact) mass is 260 g/mol. The molecule has 0 heterocycles. The number of rotatable bonds is 7. The van der Waals surface area contributed by atoms with E-state index in [1.165, 1.54) is 11.1 Å². The van der Waals surface area contributed by atoms with Crippen LogP contribution in [0.2, 0.25) is 0 Å². The smallest absolute Gasteiger partial charge is 0.0898 e. The summed E-state index contributed by atoms with van der Waals surface area (Å²) < 4.78 is 10.7. The Balaban J connectivity index is 2.59. The second kappa shape index (κ2) is 7.80. The van der Waals surface area contributed by atoms with E-state index in [-0.39, 0.29) is 6.10 Å². The highest BCUT2D eigenvalue weighted by molar-refractivity contribution is 5.69. The Bertz CT molecular complexity index is 446. The zero-order valence-electron chi connectivity index (χ0n) is 12.4. The molecule has 0 radical (unpaired) electrons. The Kier molecular flexibility index (Phi) is 6.37. The van der Waals surface area contributed by atoms with E-state index in [4.69, 9.17) is 9.47 Å². The van der Waals surface area contributed by atoms with Gasteiger partial charge in [-0.25, -0.2) is 0 Å². The minimum atomic E-state index is 0.237. The van der Waals surface area contributed by atoms with E-state index >= 15 is 0 Å². The SMILES string of the molecule is C=C(C)c1cccc(/C(C)=C/OCCC(C)OC)c1. The molecule has 2 nitrogen and oxygen atoms in total. The highest BCUT2D eigenvalue weighted by Gasteiger charge is 2.00. The third kappa shape index (κ3) is 5.31. The molecule has 1 atom stereocenters. The second-order valence-electron chi connectivity index (χ2n) is 4.87. The van der Waals surface area contributed by atoms with Crippen LogP contribution in [0.4, 0.5) is 0 Å². The van der Waals surface area contributed by atoms with Crippen molar-refractivity contribution in [1.82, 2.24) is 0 Å². The summed E-state index contributed by atoms with van der Waals surface area (Å²) in [7, 11) is 1.72. The summed E-state index contributed by atoms with van der Waals surface area (Å²) in [4.78, 5) is 0. The summed E-state index contributed by atoms with van der Waals surface area (Å²) in [5.74, 6) is 0. The van der Waals surface area contributed by atoms with Crippen LogP contribution < -0.4 is 0 Å². The lowest BCUT2D eigenvalue weighted by atomic mass is 10.0. The first-order valence-electron chi connectivity index (χ1n) is 6.62. The van der Waals surface area contributed by atoms with Crippen molar-refractivity contribution in [3.63, 3.8) is 0 Å². The number of hydrogen-bond acceptors (Lipinski definition) is 2. The average Bonchev–Trinajstić information content (AvgIpc) is 2.43. The van der Waals surface area contributed by atoms with Gasteiger partial charge in [0.2, 0.25) is 0 Å². The number of benzene rings is 1. The third-order valence-electron chi connectivity index (χ3n) is 3.12. The lowest BCUT2D eigenvalue weighted by Crippen LogP contribution is -2.07. The van der Waals surface area contributed by atoms with Crippen LogP contribution in [0, 0.1) is 0 Å². The van der Waals surface area contributed by atoms with Crippen molar-refractivity contribution in [2.75, 3.05) is 13.7 Å². The zero-order chi connectivity index (χ0) is 14.3. The van der Waals surface area contributed by atoms with Crippen LogP contribution in [0.3, 0.4) is 0 Å². The molecule has 1 aromatic rings. The summed E-state index contributed by atoms with van der Waals surface area (Å²) in [5.41, 5.74) is 4.52. The summed E-state index contributed by atoms with van der Waals surface area (Å²) in [6, 6.07) is 8.33. The fraction of sp³-hybridized carbons (Fsp3) is 0.412. The Morgan fingerprint density at radius 2 is 2.00 bits per heavy atom. The largest absolute Gasteiger partial charge is 0.501 e. The van der Waals surface area contributed by atoms with Crippen LogP contribution in [0.15, 0.2) is 37.1 Å². The molecule has 0 aliphatic heterocycles. The third-order valence-corrected chi connectivity index (χ3v) is 3.12. The van der Waals surface area contributed by atoms with Gasteiger partial charge in [0, 0.05) is 13.5 Å². The van der Waals surface area contributed by atoms with Crippen LogP contribution >= 0.6 is 0 Å². The molecule has 0 aromatic heterocycles. The Labute approximate surface area is 116 Å². The minimum Gasteiger partial charge on any atom is -0.501 e. The summed E-state index contributed by atoms with van der Waals surface area (Å²) in [6.07, 6.45) is 2.95. The maximum atomic E-state index is 5.56. The van der Waals surface area contributed by atoms with E-state index in [1.54, 1.807) is 7.11 Å². The molecule has 0 amide bonds. The molecule has 2 heteroatoms. The minimum absolute atomic E-state index is 0.237. The van der Waals surface area contributed by atoms with E-state index in [2.05, 4.69) is 31.7 Å². The number of methoxy groups -OCH3 is 1. The van der Waals surface area contributed by atoms with Crippen molar-refractivity contribution in [3.8, 4) is 0 Å². The van der Waals surface area contributed by atoms with Gasteiger partial charge in [-0.3, -0.25) is 0 Å². The fourth-order valence-electron chi connectivity index (χ4n) is 1.63. The molecular weight excluding hydrogens is 236 g/mol. The number of ether oxygens (including phenoxy) is 2. The van der Waals surface area contributed by atoms with Crippen LogP contribution in [0.5, 0.6) is 0 Å². The predicted molar refractivity (Wildman–Crippen MR) is 81.8 cm³/mol. The molecule has 0 bridgehead atoms. The summed E-state index contributed by atoms with van der Waals surface area (Å²) >= 11 is 0. The molecule has 1 unspecified atom stereocenters. The molecule has 0 saturated carbocycles. The van der Waals surface area contributed by atoms with Gasteiger partial charge in [0.25, 0.3) is 0 Å². The zero-order valence-corrected chi connectivity index (χ0v) is 12.4. The van der Waals surface area contributed by atoms with Crippen LogP contribution in [0.1, 0.15) is 38.3 Å². The van der Waals surface area contributed by atoms with E-state index < -0.39 is 0 Å². The second-order valence-corrected chi connectivity index (χ2v) is 4.87. The maximum absolute atomic E-state index is 5.56. The molecule has 1 rings (SSSR count). The fourth-order valence-corrected chi connectivity index (χ4v) is 1.63. The Morgan fingerprint density at radius 1 is 1.32 bits per heavy atom. The van der Waals surface area contributed by atoms with Crippen molar-refractivity contribution >= 4 is 11.1 Å². The first-order chi connectivity index (χ1) is 9.04. The van der Waals surface area contributed by atoms with Crippen LogP contribution in [-0.2, 0) is 9.47 Å². The van der Waals surface area contributed by atoms with Crippen LogP contribution in [0.25, 0.3) is 11.1 Å². The molecule has 0 fully saturated rings. The first-order valence-corrected chi connectivity index (χ1v) is 6.62. The predicted octanol–water partition coefficient (Wildman–Crippen LogP) is 4.52. The van der Waals surface area contributed by atoms with Crippen LogP contribution in [-0.4, -0.2) is 19.8 Å². The Hall–Kier alpha value is -1.54. The van der Waals surface area contributed by atoms with E-state index in [9.17, 15) is 0 Å². The highest BCUT2D eigenvalue weighted by Crippen LogP contribution is 2.19. The molecule has 0 spiro atoms. The van der Waals surface area contributed by atoms with Gasteiger partial charge in [-0.05, 0) is 43.5 Å². The van der Waals surface area contributed by atoms with Crippen molar-refractivity contribution in [2.24, 2.45) is 0 Å². The highest BCUT2D eigenvalue weighted by atomic mass is 16.5. The standard InChI is InChI=1S/C17H24O2/c1-13(2)16-7-6-8-17(11-16)14(3)12-19-10-9-15(4)18-5/h6-8,11-12,15H,1,9-10H2,2-5H3/b14-12+.